The number of thiocarbonyl (C=S) groups is 1. The SMILES string of the molecule is Cc1ccc(S(=O)(=O)[C@@H]2[C@H](C(N)=S)[C@@H]2c2ccc(Cl)cc2)cc1. The molecule has 0 aliphatic heterocycles. The highest BCUT2D eigenvalue weighted by Gasteiger charge is 2.60. The Balaban J connectivity index is 1.98. The number of hydrogen-bond donors (Lipinski definition) is 1. The number of benzene rings is 2. The van der Waals surface area contributed by atoms with Crippen molar-refractivity contribution in [2.24, 2.45) is 11.7 Å². The van der Waals surface area contributed by atoms with E-state index < -0.39 is 15.1 Å². The molecule has 0 unspecified atom stereocenters. The van der Waals surface area contributed by atoms with Gasteiger partial charge in [-0.3, -0.25) is 0 Å². The normalized spacial score (nSPS) is 23.5. The van der Waals surface area contributed by atoms with Gasteiger partial charge in [-0.05, 0) is 36.8 Å². The van der Waals surface area contributed by atoms with Crippen LogP contribution >= 0.6 is 23.8 Å². The lowest BCUT2D eigenvalue weighted by molar-refractivity contribution is 0.593. The first-order valence-corrected chi connectivity index (χ1v) is 9.51. The molecule has 2 aromatic carbocycles. The highest BCUT2D eigenvalue weighted by molar-refractivity contribution is 7.92. The molecule has 23 heavy (non-hydrogen) atoms. The second kappa shape index (κ2) is 5.89. The molecule has 2 aromatic rings. The minimum Gasteiger partial charge on any atom is -0.393 e. The van der Waals surface area contributed by atoms with Crippen LogP contribution in [-0.4, -0.2) is 18.7 Å². The topological polar surface area (TPSA) is 60.2 Å². The largest absolute Gasteiger partial charge is 0.393 e. The smallest absolute Gasteiger partial charge is 0.182 e. The van der Waals surface area contributed by atoms with Gasteiger partial charge in [0, 0.05) is 16.9 Å². The Kier molecular flexibility index (Phi) is 4.21. The summed E-state index contributed by atoms with van der Waals surface area (Å²) in [6, 6.07) is 14.0. The van der Waals surface area contributed by atoms with Crippen molar-refractivity contribution in [1.29, 1.82) is 0 Å². The highest BCUT2D eigenvalue weighted by Crippen LogP contribution is 2.54. The molecule has 0 radical (unpaired) electrons. The van der Waals surface area contributed by atoms with Crippen molar-refractivity contribution < 1.29 is 8.42 Å². The summed E-state index contributed by atoms with van der Waals surface area (Å²) < 4.78 is 25.9. The minimum atomic E-state index is -3.48. The van der Waals surface area contributed by atoms with Crippen molar-refractivity contribution >= 4 is 38.6 Å². The van der Waals surface area contributed by atoms with Crippen LogP contribution in [0, 0.1) is 12.8 Å². The van der Waals surface area contributed by atoms with Gasteiger partial charge in [0.2, 0.25) is 0 Å². The summed E-state index contributed by atoms with van der Waals surface area (Å²) in [6.45, 7) is 1.92. The third-order valence-corrected chi connectivity index (χ3v) is 7.00. The van der Waals surface area contributed by atoms with Crippen molar-refractivity contribution in [2.75, 3.05) is 0 Å². The molecule has 120 valence electrons. The van der Waals surface area contributed by atoms with E-state index in [0.717, 1.165) is 11.1 Å². The molecule has 1 fully saturated rings. The quantitative estimate of drug-likeness (QED) is 0.842. The third kappa shape index (κ3) is 3.01. The lowest BCUT2D eigenvalue weighted by Crippen LogP contribution is -2.17. The van der Waals surface area contributed by atoms with Crippen molar-refractivity contribution in [3.05, 3.63) is 64.7 Å². The molecule has 2 N–H and O–H groups in total. The van der Waals surface area contributed by atoms with Crippen molar-refractivity contribution in [3.8, 4) is 0 Å². The maximum absolute atomic E-state index is 12.9. The summed E-state index contributed by atoms with van der Waals surface area (Å²) in [5.41, 5.74) is 7.70. The van der Waals surface area contributed by atoms with E-state index in [1.165, 1.54) is 0 Å². The fraction of sp³-hybridized carbons (Fsp3) is 0.235. The standard InChI is InChI=1S/C17H16ClNO2S2/c1-10-2-8-13(9-3-10)23(20,21)16-14(15(16)17(19)22)11-4-6-12(18)7-5-11/h2-9,14-16H,1H3,(H2,19,22)/t14-,15+,16-/m0/s1. The summed E-state index contributed by atoms with van der Waals surface area (Å²) >= 11 is 11.0. The van der Waals surface area contributed by atoms with Gasteiger partial charge in [-0.2, -0.15) is 0 Å². The van der Waals surface area contributed by atoms with Gasteiger partial charge in [0.15, 0.2) is 9.84 Å². The Morgan fingerprint density at radius 3 is 2.17 bits per heavy atom. The number of hydrogen-bond acceptors (Lipinski definition) is 3. The van der Waals surface area contributed by atoms with Crippen LogP contribution in [0.3, 0.4) is 0 Å². The first-order chi connectivity index (χ1) is 10.8. The van der Waals surface area contributed by atoms with Gasteiger partial charge in [-0.15, -0.1) is 0 Å². The Morgan fingerprint density at radius 2 is 1.65 bits per heavy atom. The average molecular weight is 366 g/mol. The van der Waals surface area contributed by atoms with E-state index in [0.29, 0.717) is 9.92 Å². The van der Waals surface area contributed by atoms with Crippen LogP contribution in [0.15, 0.2) is 53.4 Å². The molecule has 1 aliphatic carbocycles. The zero-order valence-corrected chi connectivity index (χ0v) is 14.8. The van der Waals surface area contributed by atoms with Gasteiger partial charge in [0.05, 0.1) is 15.1 Å². The molecule has 0 spiro atoms. The zero-order chi connectivity index (χ0) is 16.8. The average Bonchev–Trinajstić information content (AvgIpc) is 3.25. The van der Waals surface area contributed by atoms with E-state index >= 15 is 0 Å². The third-order valence-electron chi connectivity index (χ3n) is 4.25. The summed E-state index contributed by atoms with van der Waals surface area (Å²) in [5.74, 6) is -0.548. The molecule has 0 aromatic heterocycles. The van der Waals surface area contributed by atoms with Crippen LogP contribution in [-0.2, 0) is 9.84 Å². The fourth-order valence-corrected chi connectivity index (χ4v) is 5.63. The molecule has 3 rings (SSSR count). The highest BCUT2D eigenvalue weighted by atomic mass is 35.5. The predicted octanol–water partition coefficient (Wildman–Crippen LogP) is 3.49. The monoisotopic (exact) mass is 365 g/mol. The molecule has 6 heteroatoms. The van der Waals surface area contributed by atoms with E-state index in [2.05, 4.69) is 0 Å². The molecule has 0 amide bonds. The number of halogens is 1. The summed E-state index contributed by atoms with van der Waals surface area (Å²) in [4.78, 5) is 0.552. The summed E-state index contributed by atoms with van der Waals surface area (Å²) in [7, 11) is -3.48. The van der Waals surface area contributed by atoms with Crippen LogP contribution < -0.4 is 5.73 Å². The van der Waals surface area contributed by atoms with Gasteiger partial charge in [-0.1, -0.05) is 53.6 Å². The number of rotatable bonds is 4. The van der Waals surface area contributed by atoms with Crippen molar-refractivity contribution in [1.82, 2.24) is 0 Å². The Hall–Kier alpha value is -1.43. The van der Waals surface area contributed by atoms with E-state index in [-0.39, 0.29) is 16.8 Å². The van der Waals surface area contributed by atoms with E-state index in [1.807, 2.05) is 19.1 Å². The molecule has 0 saturated heterocycles. The van der Waals surface area contributed by atoms with Crippen LogP contribution in [0.2, 0.25) is 5.02 Å². The second-order valence-corrected chi connectivity index (χ2v) is 8.84. The van der Waals surface area contributed by atoms with E-state index in [1.54, 1.807) is 36.4 Å². The van der Waals surface area contributed by atoms with Gasteiger partial charge in [-0.25, -0.2) is 8.42 Å². The van der Waals surface area contributed by atoms with Crippen LogP contribution in [0.5, 0.6) is 0 Å². The molecule has 3 atom stereocenters. The first kappa shape index (κ1) is 16.4. The molecule has 0 heterocycles. The first-order valence-electron chi connectivity index (χ1n) is 7.18. The van der Waals surface area contributed by atoms with Crippen LogP contribution in [0.4, 0.5) is 0 Å². The molecule has 1 saturated carbocycles. The number of nitrogens with two attached hydrogens (primary N) is 1. The van der Waals surface area contributed by atoms with Crippen LogP contribution in [0.25, 0.3) is 0 Å². The van der Waals surface area contributed by atoms with Gasteiger partial charge >= 0.3 is 0 Å². The number of sulfone groups is 1. The minimum absolute atomic E-state index is 0.212. The maximum Gasteiger partial charge on any atom is 0.182 e. The molecule has 3 nitrogen and oxygen atoms in total. The summed E-state index contributed by atoms with van der Waals surface area (Å²) in [5, 5.41) is 0.00287. The predicted molar refractivity (Wildman–Crippen MR) is 96.6 cm³/mol. The zero-order valence-electron chi connectivity index (χ0n) is 12.4. The molecule has 1 aliphatic rings. The fourth-order valence-electron chi connectivity index (χ4n) is 2.98. The summed E-state index contributed by atoms with van der Waals surface area (Å²) in [6.07, 6.45) is 0. The van der Waals surface area contributed by atoms with Gasteiger partial charge in [0.1, 0.15) is 0 Å². The van der Waals surface area contributed by atoms with Crippen LogP contribution in [0.1, 0.15) is 17.0 Å². The molecular weight excluding hydrogens is 350 g/mol. The number of aryl methyl sites for hydroxylation is 1. The lowest BCUT2D eigenvalue weighted by atomic mass is 10.1. The van der Waals surface area contributed by atoms with Gasteiger partial charge in [0.25, 0.3) is 0 Å². The Bertz CT molecular complexity index is 845. The Morgan fingerprint density at radius 1 is 1.09 bits per heavy atom. The van der Waals surface area contributed by atoms with E-state index in [9.17, 15) is 8.42 Å². The van der Waals surface area contributed by atoms with E-state index in [4.69, 9.17) is 29.6 Å². The molecule has 0 bridgehead atoms. The van der Waals surface area contributed by atoms with Crippen molar-refractivity contribution in [2.45, 2.75) is 23.0 Å². The maximum atomic E-state index is 12.9. The Labute approximate surface area is 146 Å². The molecular formula is C17H16ClNO2S2. The van der Waals surface area contributed by atoms with Crippen molar-refractivity contribution in [3.63, 3.8) is 0 Å². The van der Waals surface area contributed by atoms with Gasteiger partial charge < -0.3 is 5.73 Å². The lowest BCUT2D eigenvalue weighted by Gasteiger charge is -2.05. The second-order valence-electron chi connectivity index (χ2n) is 5.83.